The monoisotopic (exact) mass is 351 g/mol. The van der Waals surface area contributed by atoms with Crippen LogP contribution >= 0.6 is 35.0 Å². The van der Waals surface area contributed by atoms with E-state index in [0.717, 1.165) is 9.98 Å². The molecule has 0 saturated carbocycles. The SMILES string of the molecule is O=C1N=NC(c2ccccc2)=C1N(Cl)c1cccc(Cl)c1Cl. The zero-order chi connectivity index (χ0) is 15.7. The van der Waals surface area contributed by atoms with Gasteiger partial charge in [-0.15, -0.1) is 10.2 Å². The predicted molar refractivity (Wildman–Crippen MR) is 88.0 cm³/mol. The van der Waals surface area contributed by atoms with Crippen LogP contribution in [0.1, 0.15) is 5.56 Å². The van der Waals surface area contributed by atoms with Gasteiger partial charge in [0.1, 0.15) is 5.70 Å². The van der Waals surface area contributed by atoms with E-state index in [4.69, 9.17) is 35.0 Å². The molecule has 2 aromatic rings. The number of hydrogen-bond donors (Lipinski definition) is 0. The Bertz CT molecular complexity index is 803. The molecule has 7 heteroatoms. The number of anilines is 1. The summed E-state index contributed by atoms with van der Waals surface area (Å²) in [5.41, 5.74) is 1.64. The van der Waals surface area contributed by atoms with Crippen molar-refractivity contribution in [1.29, 1.82) is 0 Å². The van der Waals surface area contributed by atoms with Gasteiger partial charge in [-0.2, -0.15) is 0 Å². The first-order valence-electron chi connectivity index (χ1n) is 6.25. The van der Waals surface area contributed by atoms with Crippen LogP contribution < -0.4 is 4.42 Å². The molecule has 22 heavy (non-hydrogen) atoms. The molecule has 0 aromatic heterocycles. The minimum Gasteiger partial charge on any atom is -0.263 e. The van der Waals surface area contributed by atoms with Crippen LogP contribution in [-0.4, -0.2) is 5.91 Å². The van der Waals surface area contributed by atoms with Gasteiger partial charge in [0.05, 0.1) is 15.7 Å². The van der Waals surface area contributed by atoms with Gasteiger partial charge >= 0.3 is 5.91 Å². The van der Waals surface area contributed by atoms with E-state index in [1.54, 1.807) is 18.2 Å². The maximum absolute atomic E-state index is 12.0. The second-order valence-corrected chi connectivity index (χ2v) is 5.55. The van der Waals surface area contributed by atoms with E-state index in [1.807, 2.05) is 30.3 Å². The van der Waals surface area contributed by atoms with Crippen LogP contribution in [0, 0.1) is 0 Å². The first-order chi connectivity index (χ1) is 10.6. The highest BCUT2D eigenvalue weighted by molar-refractivity contribution is 6.45. The largest absolute Gasteiger partial charge is 0.315 e. The van der Waals surface area contributed by atoms with Crippen LogP contribution in [0.25, 0.3) is 5.70 Å². The van der Waals surface area contributed by atoms with Crippen molar-refractivity contribution in [2.45, 2.75) is 0 Å². The van der Waals surface area contributed by atoms with Crippen molar-refractivity contribution in [2.75, 3.05) is 4.42 Å². The van der Waals surface area contributed by atoms with Gasteiger partial charge in [-0.1, -0.05) is 59.6 Å². The Morgan fingerprint density at radius 2 is 1.64 bits per heavy atom. The van der Waals surface area contributed by atoms with E-state index < -0.39 is 5.91 Å². The molecule has 0 aliphatic carbocycles. The van der Waals surface area contributed by atoms with Gasteiger partial charge in [-0.05, 0) is 12.1 Å². The third-order valence-corrected chi connectivity index (χ3v) is 4.21. The molecule has 4 nitrogen and oxygen atoms in total. The highest BCUT2D eigenvalue weighted by atomic mass is 35.5. The van der Waals surface area contributed by atoms with Gasteiger partial charge in [0, 0.05) is 17.3 Å². The molecule has 0 unspecified atom stereocenters. The maximum Gasteiger partial charge on any atom is 0.315 e. The number of carbonyl (C=O) groups is 1. The normalized spacial score (nSPS) is 13.9. The Kier molecular flexibility index (Phi) is 4.16. The van der Waals surface area contributed by atoms with E-state index >= 15 is 0 Å². The van der Waals surface area contributed by atoms with Crippen molar-refractivity contribution in [1.82, 2.24) is 0 Å². The van der Waals surface area contributed by atoms with Gasteiger partial charge in [-0.3, -0.25) is 4.79 Å². The number of halogens is 3. The fourth-order valence-corrected chi connectivity index (χ4v) is 2.74. The molecule has 0 bridgehead atoms. The summed E-state index contributed by atoms with van der Waals surface area (Å²) < 4.78 is 1.14. The number of amides is 1. The van der Waals surface area contributed by atoms with Crippen molar-refractivity contribution < 1.29 is 4.79 Å². The Morgan fingerprint density at radius 1 is 0.909 bits per heavy atom. The second-order valence-electron chi connectivity index (χ2n) is 4.42. The summed E-state index contributed by atoms with van der Waals surface area (Å²) in [6, 6.07) is 14.2. The van der Waals surface area contributed by atoms with Crippen molar-refractivity contribution in [3.63, 3.8) is 0 Å². The molecule has 3 rings (SSSR count). The number of nitrogens with zero attached hydrogens (tertiary/aromatic N) is 3. The summed E-state index contributed by atoms with van der Waals surface area (Å²) in [6.07, 6.45) is 0. The highest BCUT2D eigenvalue weighted by Gasteiger charge is 2.29. The van der Waals surface area contributed by atoms with Crippen LogP contribution in [0.3, 0.4) is 0 Å². The quantitative estimate of drug-likeness (QED) is 0.702. The average molecular weight is 353 g/mol. The van der Waals surface area contributed by atoms with Crippen LogP contribution in [0.15, 0.2) is 64.5 Å². The lowest BCUT2D eigenvalue weighted by molar-refractivity contribution is -0.114. The summed E-state index contributed by atoms with van der Waals surface area (Å²) in [5.74, 6) is -0.537. The Hall–Kier alpha value is -1.88. The number of benzene rings is 2. The summed E-state index contributed by atoms with van der Waals surface area (Å²) in [7, 11) is 0. The van der Waals surface area contributed by atoms with E-state index in [-0.39, 0.29) is 10.7 Å². The number of rotatable bonds is 3. The third-order valence-electron chi connectivity index (χ3n) is 3.05. The zero-order valence-electron chi connectivity index (χ0n) is 11.0. The molecule has 0 radical (unpaired) electrons. The fourth-order valence-electron chi connectivity index (χ4n) is 2.02. The van der Waals surface area contributed by atoms with Crippen molar-refractivity contribution in [2.24, 2.45) is 10.2 Å². The first-order valence-corrected chi connectivity index (χ1v) is 7.34. The fraction of sp³-hybridized carbons (Fsp3) is 0. The van der Waals surface area contributed by atoms with Crippen molar-refractivity contribution in [3.8, 4) is 0 Å². The average Bonchev–Trinajstić information content (AvgIpc) is 2.92. The highest BCUT2D eigenvalue weighted by Crippen LogP contribution is 2.39. The van der Waals surface area contributed by atoms with E-state index in [0.29, 0.717) is 16.4 Å². The van der Waals surface area contributed by atoms with E-state index in [1.165, 1.54) is 0 Å². The molecule has 0 saturated heterocycles. The van der Waals surface area contributed by atoms with Gasteiger partial charge in [0.15, 0.2) is 5.70 Å². The predicted octanol–water partition coefficient (Wildman–Crippen LogP) is 5.31. The molecule has 110 valence electrons. The second kappa shape index (κ2) is 6.08. The number of carbonyl (C=O) groups excluding carboxylic acids is 1. The first kappa shape index (κ1) is 15.0. The lowest BCUT2D eigenvalue weighted by atomic mass is 10.1. The van der Waals surface area contributed by atoms with Gasteiger partial charge in [-0.25, -0.2) is 4.42 Å². The Morgan fingerprint density at radius 3 is 2.36 bits per heavy atom. The van der Waals surface area contributed by atoms with Gasteiger partial charge in [0.25, 0.3) is 0 Å². The third kappa shape index (κ3) is 2.61. The Labute approximate surface area is 141 Å². The molecule has 1 amide bonds. The van der Waals surface area contributed by atoms with Crippen LogP contribution in [0.5, 0.6) is 0 Å². The Balaban J connectivity index is 2.12. The van der Waals surface area contributed by atoms with E-state index in [9.17, 15) is 4.79 Å². The lowest BCUT2D eigenvalue weighted by Gasteiger charge is -2.18. The summed E-state index contributed by atoms with van der Waals surface area (Å²) in [5, 5.41) is 8.09. The molecule has 2 aromatic carbocycles. The molecule has 1 aliphatic heterocycles. The molecule has 0 spiro atoms. The maximum atomic E-state index is 12.0. The van der Waals surface area contributed by atoms with Gasteiger partial charge < -0.3 is 0 Å². The summed E-state index contributed by atoms with van der Waals surface area (Å²) in [4.78, 5) is 12.0. The van der Waals surface area contributed by atoms with Crippen molar-refractivity contribution >= 4 is 52.3 Å². The van der Waals surface area contributed by atoms with Crippen LogP contribution in [0.2, 0.25) is 10.0 Å². The van der Waals surface area contributed by atoms with Crippen molar-refractivity contribution in [3.05, 3.63) is 69.8 Å². The smallest absolute Gasteiger partial charge is 0.263 e. The molecule has 0 atom stereocenters. The molecule has 1 heterocycles. The standard InChI is InChI=1S/C15H8Cl3N3O/c16-10-7-4-8-11(12(10)17)21(18)14-13(19-20-15(14)22)9-5-2-1-3-6-9/h1-8H. The number of hydrogen-bond acceptors (Lipinski definition) is 3. The molecular formula is C15H8Cl3N3O. The molecular weight excluding hydrogens is 345 g/mol. The van der Waals surface area contributed by atoms with Crippen LogP contribution in [-0.2, 0) is 4.79 Å². The minimum atomic E-state index is -0.537. The molecule has 0 N–H and O–H groups in total. The molecule has 0 fully saturated rings. The lowest BCUT2D eigenvalue weighted by Crippen LogP contribution is -2.16. The summed E-state index contributed by atoms with van der Waals surface area (Å²) in [6.45, 7) is 0. The van der Waals surface area contributed by atoms with Gasteiger partial charge in [0.2, 0.25) is 0 Å². The minimum absolute atomic E-state index is 0.136. The topological polar surface area (TPSA) is 45.0 Å². The summed E-state index contributed by atoms with van der Waals surface area (Å²) >= 11 is 18.5. The zero-order valence-corrected chi connectivity index (χ0v) is 13.3. The molecule has 1 aliphatic rings. The van der Waals surface area contributed by atoms with E-state index in [2.05, 4.69) is 10.2 Å². The van der Waals surface area contributed by atoms with Crippen LogP contribution in [0.4, 0.5) is 5.69 Å². The number of azo groups is 1.